The molecule has 0 bridgehead atoms. The predicted molar refractivity (Wildman–Crippen MR) is 50.3 cm³/mol. The lowest BCUT2D eigenvalue weighted by Gasteiger charge is -2.09. The van der Waals surface area contributed by atoms with Gasteiger partial charge in [0.25, 0.3) is 5.88 Å². The number of nitrogens with zero attached hydrogens (tertiary/aromatic N) is 1. The second-order valence-corrected chi connectivity index (χ2v) is 3.56. The normalized spacial score (nSPS) is 11.5. The Hall–Kier alpha value is -0.440. The van der Waals surface area contributed by atoms with Gasteiger partial charge in [-0.3, -0.25) is 0 Å². The summed E-state index contributed by atoms with van der Waals surface area (Å²) in [6.45, 7) is 0. The molecule has 0 amide bonds. The van der Waals surface area contributed by atoms with Gasteiger partial charge >= 0.3 is 6.36 Å². The molecular weight excluding hydrogens is 337 g/mol. The molecule has 0 spiro atoms. The van der Waals surface area contributed by atoms with E-state index in [1.165, 1.54) is 0 Å². The number of halogens is 5. The first-order chi connectivity index (χ1) is 6.29. The molecule has 0 saturated carbocycles. The number of rotatable bonds is 1. The van der Waals surface area contributed by atoms with Crippen LogP contribution in [0.1, 0.15) is 0 Å². The third-order valence-corrected chi connectivity index (χ3v) is 2.52. The lowest BCUT2D eigenvalue weighted by Crippen LogP contribution is -2.18. The van der Waals surface area contributed by atoms with Crippen LogP contribution in [0.5, 0.6) is 11.6 Å². The maximum Gasteiger partial charge on any atom is 0.574 e. The smallest absolute Gasteiger partial charge is 0.503 e. The second-order valence-electron chi connectivity index (χ2n) is 2.13. The molecule has 0 aliphatic carbocycles. The summed E-state index contributed by atoms with van der Waals surface area (Å²) in [6.07, 6.45) is -4.89. The number of ether oxygens (including phenoxy) is 1. The van der Waals surface area contributed by atoms with Crippen molar-refractivity contribution in [2.75, 3.05) is 0 Å². The SMILES string of the molecule is Oc1cc(Cl)c(I)nc1OC(F)(F)F. The molecule has 1 aromatic heterocycles. The first-order valence-electron chi connectivity index (χ1n) is 3.10. The number of aromatic hydroxyl groups is 1. The minimum absolute atomic E-state index is 0.0534. The van der Waals surface area contributed by atoms with Crippen LogP contribution in [0.25, 0.3) is 0 Å². The molecule has 0 aliphatic rings. The molecule has 3 nitrogen and oxygen atoms in total. The summed E-state index contributed by atoms with van der Waals surface area (Å²) in [6, 6.07) is 0.928. The van der Waals surface area contributed by atoms with Crippen LogP contribution in [0.4, 0.5) is 13.2 Å². The third-order valence-electron chi connectivity index (χ3n) is 1.09. The van der Waals surface area contributed by atoms with Gasteiger partial charge in [-0.1, -0.05) is 11.6 Å². The fourth-order valence-electron chi connectivity index (χ4n) is 0.626. The summed E-state index contributed by atoms with van der Waals surface area (Å²) in [5.41, 5.74) is 0. The van der Waals surface area contributed by atoms with Crippen molar-refractivity contribution >= 4 is 34.2 Å². The van der Waals surface area contributed by atoms with Crippen LogP contribution < -0.4 is 4.74 Å². The molecule has 1 aromatic rings. The van der Waals surface area contributed by atoms with E-state index in [1.54, 1.807) is 22.6 Å². The van der Waals surface area contributed by atoms with E-state index in [0.29, 0.717) is 0 Å². The molecule has 0 unspecified atom stereocenters. The molecule has 78 valence electrons. The van der Waals surface area contributed by atoms with Crippen LogP contribution in [0.2, 0.25) is 5.02 Å². The summed E-state index contributed by atoms with van der Waals surface area (Å²) in [4.78, 5) is 3.32. The minimum atomic E-state index is -4.89. The zero-order valence-corrected chi connectivity index (χ0v) is 9.18. The lowest BCUT2D eigenvalue weighted by molar-refractivity contribution is -0.276. The fourth-order valence-corrected chi connectivity index (χ4v) is 1.15. The average Bonchev–Trinajstić information content (AvgIpc) is 1.97. The number of hydrogen-bond acceptors (Lipinski definition) is 3. The summed E-state index contributed by atoms with van der Waals surface area (Å²) in [5, 5.41) is 9.06. The van der Waals surface area contributed by atoms with E-state index in [-0.39, 0.29) is 8.72 Å². The first-order valence-corrected chi connectivity index (χ1v) is 4.56. The Morgan fingerprint density at radius 2 is 2.07 bits per heavy atom. The molecular formula is C6H2ClF3INO2. The van der Waals surface area contributed by atoms with Crippen LogP contribution in [-0.4, -0.2) is 16.5 Å². The first kappa shape index (κ1) is 11.6. The van der Waals surface area contributed by atoms with E-state index >= 15 is 0 Å². The van der Waals surface area contributed by atoms with Gasteiger partial charge in [-0.15, -0.1) is 13.2 Å². The van der Waals surface area contributed by atoms with Gasteiger partial charge in [0.15, 0.2) is 5.75 Å². The molecule has 0 saturated heterocycles. The minimum Gasteiger partial charge on any atom is -0.503 e. The van der Waals surface area contributed by atoms with Gasteiger partial charge in [0.05, 0.1) is 5.02 Å². The molecule has 1 rings (SSSR count). The zero-order valence-electron chi connectivity index (χ0n) is 6.27. The fraction of sp³-hybridized carbons (Fsp3) is 0.167. The number of pyridine rings is 1. The van der Waals surface area contributed by atoms with Crippen molar-refractivity contribution in [2.45, 2.75) is 6.36 Å². The van der Waals surface area contributed by atoms with Crippen LogP contribution in [-0.2, 0) is 0 Å². The molecule has 0 aliphatic heterocycles. The highest BCUT2D eigenvalue weighted by molar-refractivity contribution is 14.1. The van der Waals surface area contributed by atoms with E-state index in [9.17, 15) is 13.2 Å². The Kier molecular flexibility index (Phi) is 3.30. The van der Waals surface area contributed by atoms with Gasteiger partial charge < -0.3 is 9.84 Å². The Morgan fingerprint density at radius 1 is 1.50 bits per heavy atom. The predicted octanol–water partition coefficient (Wildman–Crippen LogP) is 2.94. The zero-order chi connectivity index (χ0) is 10.9. The van der Waals surface area contributed by atoms with Crippen LogP contribution in [0, 0.1) is 3.70 Å². The highest BCUT2D eigenvalue weighted by Gasteiger charge is 2.33. The molecule has 1 heterocycles. The van der Waals surface area contributed by atoms with E-state index < -0.39 is 18.0 Å². The van der Waals surface area contributed by atoms with Gasteiger partial charge in [-0.2, -0.15) is 0 Å². The summed E-state index contributed by atoms with van der Waals surface area (Å²) >= 11 is 7.11. The van der Waals surface area contributed by atoms with Crippen molar-refractivity contribution in [1.82, 2.24) is 4.98 Å². The standard InChI is InChI=1S/C6H2ClF3INO2/c7-2-1-3(13)5(12-4(2)11)14-6(8,9)10/h1,13H. The molecule has 8 heteroatoms. The summed E-state index contributed by atoms with van der Waals surface area (Å²) in [5.74, 6) is -1.67. The lowest BCUT2D eigenvalue weighted by atomic mass is 10.4. The molecule has 0 fully saturated rings. The van der Waals surface area contributed by atoms with Crippen LogP contribution >= 0.6 is 34.2 Å². The van der Waals surface area contributed by atoms with Crippen molar-refractivity contribution in [3.05, 3.63) is 14.8 Å². The van der Waals surface area contributed by atoms with E-state index in [0.717, 1.165) is 6.07 Å². The highest BCUT2D eigenvalue weighted by atomic mass is 127. The average molecular weight is 339 g/mol. The monoisotopic (exact) mass is 339 g/mol. The Balaban J connectivity index is 3.04. The topological polar surface area (TPSA) is 42.4 Å². The summed E-state index contributed by atoms with van der Waals surface area (Å²) in [7, 11) is 0. The Morgan fingerprint density at radius 3 is 2.57 bits per heavy atom. The molecule has 14 heavy (non-hydrogen) atoms. The van der Waals surface area contributed by atoms with Gasteiger partial charge in [0, 0.05) is 6.07 Å². The van der Waals surface area contributed by atoms with Crippen molar-refractivity contribution in [3.8, 4) is 11.6 Å². The molecule has 1 N–H and O–H groups in total. The maximum absolute atomic E-state index is 11.7. The van der Waals surface area contributed by atoms with Crippen molar-refractivity contribution in [1.29, 1.82) is 0 Å². The quantitative estimate of drug-likeness (QED) is 0.632. The van der Waals surface area contributed by atoms with Gasteiger partial charge in [0.2, 0.25) is 0 Å². The summed E-state index contributed by atoms with van der Waals surface area (Å²) < 4.78 is 38.8. The van der Waals surface area contributed by atoms with Crippen molar-refractivity contribution in [2.24, 2.45) is 0 Å². The largest absolute Gasteiger partial charge is 0.574 e. The highest BCUT2D eigenvalue weighted by Crippen LogP contribution is 2.33. The van der Waals surface area contributed by atoms with Crippen LogP contribution in [0.15, 0.2) is 6.07 Å². The van der Waals surface area contributed by atoms with Crippen LogP contribution in [0.3, 0.4) is 0 Å². The number of hydrogen-bond donors (Lipinski definition) is 1. The van der Waals surface area contributed by atoms with Gasteiger partial charge in [0.1, 0.15) is 3.70 Å². The molecule has 0 aromatic carbocycles. The third kappa shape index (κ3) is 3.05. The Labute approximate surface area is 95.0 Å². The molecule has 0 radical (unpaired) electrons. The number of alkyl halides is 3. The van der Waals surface area contributed by atoms with Crippen molar-refractivity contribution in [3.63, 3.8) is 0 Å². The maximum atomic E-state index is 11.7. The van der Waals surface area contributed by atoms with E-state index in [2.05, 4.69) is 9.72 Å². The second kappa shape index (κ2) is 3.97. The van der Waals surface area contributed by atoms with E-state index in [1.807, 2.05) is 0 Å². The Bertz CT molecular complexity index is 358. The van der Waals surface area contributed by atoms with Gasteiger partial charge in [-0.25, -0.2) is 4.98 Å². The van der Waals surface area contributed by atoms with Gasteiger partial charge in [-0.05, 0) is 22.6 Å². The van der Waals surface area contributed by atoms with Crippen molar-refractivity contribution < 1.29 is 23.0 Å². The molecule has 0 atom stereocenters. The number of aromatic nitrogens is 1. The van der Waals surface area contributed by atoms with E-state index in [4.69, 9.17) is 16.7 Å².